The number of carbonyl (C=O) groups is 2. The summed E-state index contributed by atoms with van der Waals surface area (Å²) in [7, 11) is 2.88. The third-order valence-electron chi connectivity index (χ3n) is 3.54. The van der Waals surface area contributed by atoms with Gasteiger partial charge in [0.1, 0.15) is 7.17 Å². The number of esters is 1. The Balaban J connectivity index is 3.32. The van der Waals surface area contributed by atoms with Crippen LogP contribution in [0.25, 0.3) is 0 Å². The van der Waals surface area contributed by atoms with Crippen LogP contribution >= 0.6 is 0 Å². The van der Waals surface area contributed by atoms with Crippen LogP contribution in [-0.2, 0) is 14.3 Å². The Morgan fingerprint density at radius 1 is 1.10 bits per heavy atom. The van der Waals surface area contributed by atoms with Crippen molar-refractivity contribution < 1.29 is 14.3 Å². The molecule has 120 valence electrons. The number of carbonyl (C=O) groups excluding carboxylic acids is 2. The van der Waals surface area contributed by atoms with E-state index in [4.69, 9.17) is 4.74 Å². The Labute approximate surface area is 131 Å². The molecule has 6 heteroatoms. The van der Waals surface area contributed by atoms with Crippen LogP contribution in [0.5, 0.6) is 0 Å². The van der Waals surface area contributed by atoms with Gasteiger partial charge in [0.05, 0.1) is 13.7 Å². The molecule has 0 aromatic rings. The van der Waals surface area contributed by atoms with Gasteiger partial charge in [0.25, 0.3) is 0 Å². The Bertz CT molecular complexity index is 288. The highest BCUT2D eigenvalue weighted by Gasteiger charge is 2.07. The summed E-state index contributed by atoms with van der Waals surface area (Å²) in [6.45, 7) is 4.84. The van der Waals surface area contributed by atoms with Gasteiger partial charge in [-0.05, 0) is 26.2 Å². The lowest BCUT2D eigenvalue weighted by molar-refractivity contribution is -0.145. The zero-order valence-corrected chi connectivity index (χ0v) is 14.1. The van der Waals surface area contributed by atoms with Crippen molar-refractivity contribution in [2.75, 3.05) is 6.54 Å². The van der Waals surface area contributed by atoms with Crippen LogP contribution in [-0.4, -0.2) is 39.3 Å². The smallest absolute Gasteiger partial charge is 0.305 e. The monoisotopic (exact) mass is 295 g/mol. The van der Waals surface area contributed by atoms with E-state index in [2.05, 4.69) is 12.2 Å². The molecule has 0 aromatic heterocycles. The summed E-state index contributed by atoms with van der Waals surface area (Å²) in [6, 6.07) is 0.0312. The third kappa shape index (κ3) is 13.8. The van der Waals surface area contributed by atoms with Crippen molar-refractivity contribution in [2.45, 2.75) is 77.6 Å². The van der Waals surface area contributed by atoms with E-state index < -0.39 is 0 Å². The molecule has 1 atom stereocenters. The second-order valence-electron chi connectivity index (χ2n) is 5.68. The van der Waals surface area contributed by atoms with Gasteiger partial charge in [0.15, 0.2) is 0 Å². The van der Waals surface area contributed by atoms with Crippen LogP contribution in [0.4, 0.5) is 0 Å². The number of amides is 1. The van der Waals surface area contributed by atoms with Crippen molar-refractivity contribution in [1.29, 1.82) is 0 Å². The Morgan fingerprint density at radius 2 is 1.71 bits per heavy atom. The first-order valence-electron chi connectivity index (χ1n) is 8.56. The van der Waals surface area contributed by atoms with Crippen molar-refractivity contribution in [2.24, 2.45) is 0 Å². The fraction of sp³-hybridized carbons (Fsp3) is 0.867. The maximum atomic E-state index is 11.5. The third-order valence-corrected chi connectivity index (χ3v) is 3.54. The van der Waals surface area contributed by atoms with Crippen molar-refractivity contribution in [3.8, 4) is 0 Å². The SMILES string of the molecule is BBC(C)OC(=O)CCCCCCCC(=O)NCCCC. The minimum atomic E-state index is -0.0837. The number of hydrogen-bond donors (Lipinski definition) is 1. The van der Waals surface area contributed by atoms with Crippen LogP contribution in [0.15, 0.2) is 0 Å². The van der Waals surface area contributed by atoms with Gasteiger partial charge in [-0.25, -0.2) is 0 Å². The second-order valence-corrected chi connectivity index (χ2v) is 5.68. The molecule has 0 fully saturated rings. The van der Waals surface area contributed by atoms with E-state index in [-0.39, 0.29) is 17.9 Å². The van der Waals surface area contributed by atoms with Crippen molar-refractivity contribution in [3.63, 3.8) is 0 Å². The van der Waals surface area contributed by atoms with E-state index in [1.165, 1.54) is 0 Å². The minimum absolute atomic E-state index is 0.0312. The fourth-order valence-corrected chi connectivity index (χ4v) is 1.94. The summed E-state index contributed by atoms with van der Waals surface area (Å²) in [6.07, 6.45) is 8.31. The molecular formula is C15H31B2NO3. The standard InChI is InChI=1S/C15H31B2NO3/c1-3-4-12-18-14(19)10-8-6-5-7-9-11-15(20)21-13(2)17-16/h13,17H,3-12,16H2,1-2H3,(H,18,19). The molecule has 4 nitrogen and oxygen atoms in total. The molecule has 0 aliphatic rings. The molecule has 0 aromatic carbocycles. The largest absolute Gasteiger partial charge is 0.473 e. The van der Waals surface area contributed by atoms with E-state index >= 15 is 0 Å². The summed E-state index contributed by atoms with van der Waals surface area (Å²) < 4.78 is 5.21. The molecule has 0 radical (unpaired) electrons. The number of nitrogens with one attached hydrogen (secondary N) is 1. The average molecular weight is 295 g/mol. The van der Waals surface area contributed by atoms with Gasteiger partial charge >= 0.3 is 5.97 Å². The molecule has 0 bridgehead atoms. The number of rotatable bonds is 13. The number of unbranched alkanes of at least 4 members (excludes halogenated alkanes) is 5. The molecule has 0 saturated heterocycles. The molecule has 0 spiro atoms. The Kier molecular flexibility index (Phi) is 13.4. The van der Waals surface area contributed by atoms with Gasteiger partial charge < -0.3 is 10.1 Å². The zero-order chi connectivity index (χ0) is 15.9. The molecule has 0 rings (SSSR count). The Morgan fingerprint density at radius 3 is 2.33 bits per heavy atom. The van der Waals surface area contributed by atoms with Crippen molar-refractivity contribution in [3.05, 3.63) is 0 Å². The van der Waals surface area contributed by atoms with Gasteiger partial charge in [0.2, 0.25) is 5.91 Å². The maximum absolute atomic E-state index is 11.5. The van der Waals surface area contributed by atoms with Crippen molar-refractivity contribution >= 4 is 26.8 Å². The van der Waals surface area contributed by atoms with E-state index in [1.807, 2.05) is 14.7 Å². The maximum Gasteiger partial charge on any atom is 0.305 e. The lowest BCUT2D eigenvalue weighted by Gasteiger charge is -2.10. The highest BCUT2D eigenvalue weighted by atomic mass is 16.5. The van der Waals surface area contributed by atoms with Crippen LogP contribution in [0.3, 0.4) is 0 Å². The normalized spacial score (nSPS) is 11.7. The van der Waals surface area contributed by atoms with Crippen molar-refractivity contribution in [1.82, 2.24) is 5.32 Å². The summed E-state index contributed by atoms with van der Waals surface area (Å²) >= 11 is 0. The molecule has 21 heavy (non-hydrogen) atoms. The first-order valence-corrected chi connectivity index (χ1v) is 8.56. The van der Waals surface area contributed by atoms with Gasteiger partial charge in [-0.15, -0.1) is 0 Å². The molecular weight excluding hydrogens is 264 g/mol. The lowest BCUT2D eigenvalue weighted by Crippen LogP contribution is -2.23. The van der Waals surface area contributed by atoms with Crippen LogP contribution < -0.4 is 5.32 Å². The van der Waals surface area contributed by atoms with Gasteiger partial charge in [-0.3, -0.25) is 9.59 Å². The summed E-state index contributed by atoms with van der Waals surface area (Å²) in [5.74, 6) is 0.0835. The van der Waals surface area contributed by atoms with Gasteiger partial charge in [-0.2, -0.15) is 0 Å². The highest BCUT2D eigenvalue weighted by Crippen LogP contribution is 2.08. The molecule has 0 heterocycles. The minimum Gasteiger partial charge on any atom is -0.473 e. The zero-order valence-electron chi connectivity index (χ0n) is 14.1. The van der Waals surface area contributed by atoms with Gasteiger partial charge in [0, 0.05) is 19.4 Å². The number of ether oxygens (including phenoxy) is 1. The summed E-state index contributed by atoms with van der Waals surface area (Å²) in [5, 5.41) is 2.92. The van der Waals surface area contributed by atoms with Crippen LogP contribution in [0.1, 0.15) is 71.6 Å². The summed E-state index contributed by atoms with van der Waals surface area (Å²) in [4.78, 5) is 22.9. The van der Waals surface area contributed by atoms with E-state index in [9.17, 15) is 9.59 Å². The predicted molar refractivity (Wildman–Crippen MR) is 91.5 cm³/mol. The Hall–Kier alpha value is -0.930. The predicted octanol–water partition coefficient (Wildman–Crippen LogP) is 1.51. The molecule has 1 N–H and O–H groups in total. The topological polar surface area (TPSA) is 55.4 Å². The molecule has 0 aliphatic heterocycles. The molecule has 0 saturated carbocycles. The van der Waals surface area contributed by atoms with Crippen LogP contribution in [0.2, 0.25) is 0 Å². The molecule has 1 amide bonds. The second kappa shape index (κ2) is 14.0. The van der Waals surface area contributed by atoms with E-state index in [1.54, 1.807) is 0 Å². The summed E-state index contributed by atoms with van der Waals surface area (Å²) in [5.41, 5.74) is 0. The van der Waals surface area contributed by atoms with E-state index in [0.29, 0.717) is 12.8 Å². The molecule has 0 aliphatic carbocycles. The first kappa shape index (κ1) is 20.1. The fourth-order valence-electron chi connectivity index (χ4n) is 1.94. The first-order chi connectivity index (χ1) is 10.1. The molecule has 1 unspecified atom stereocenters. The van der Waals surface area contributed by atoms with Crippen LogP contribution in [0, 0.1) is 0 Å². The average Bonchev–Trinajstić information content (AvgIpc) is 2.46. The quantitative estimate of drug-likeness (QED) is 0.318. The number of hydrogen-bond acceptors (Lipinski definition) is 3. The van der Waals surface area contributed by atoms with Gasteiger partial charge in [-0.1, -0.05) is 32.6 Å². The highest BCUT2D eigenvalue weighted by molar-refractivity contribution is 6.90. The lowest BCUT2D eigenvalue weighted by atomic mass is 9.52. The van der Waals surface area contributed by atoms with E-state index in [0.717, 1.165) is 58.7 Å².